The Morgan fingerprint density at radius 2 is 2.00 bits per heavy atom. The molecule has 2 rings (SSSR count). The summed E-state index contributed by atoms with van der Waals surface area (Å²) in [5.74, 6) is 1.61. The van der Waals surface area contributed by atoms with Crippen LogP contribution in [0.1, 0.15) is 39.3 Å². The van der Waals surface area contributed by atoms with E-state index in [1.165, 1.54) is 5.56 Å². The first-order valence-corrected chi connectivity index (χ1v) is 9.04. The van der Waals surface area contributed by atoms with Crippen LogP contribution in [0.5, 0.6) is 11.5 Å². The van der Waals surface area contributed by atoms with Gasteiger partial charge in [0.15, 0.2) is 11.5 Å². The molecule has 136 valence electrons. The molecule has 5 heteroatoms. The predicted octanol–water partition coefficient (Wildman–Crippen LogP) is 2.51. The third kappa shape index (κ3) is 4.62. The SMILES string of the molecule is CCOc1cc(C(CN)N2CCN(C)C(C)C2)ccc1OC(C)C. The van der Waals surface area contributed by atoms with Gasteiger partial charge in [-0.05, 0) is 52.4 Å². The average Bonchev–Trinajstić information content (AvgIpc) is 2.53. The average molecular weight is 335 g/mol. The third-order valence-electron chi connectivity index (χ3n) is 4.67. The second-order valence-electron chi connectivity index (χ2n) is 6.88. The Labute approximate surface area is 146 Å². The van der Waals surface area contributed by atoms with Crippen molar-refractivity contribution in [1.29, 1.82) is 0 Å². The molecule has 0 aromatic heterocycles. The maximum atomic E-state index is 6.13. The number of hydrogen-bond donors (Lipinski definition) is 1. The van der Waals surface area contributed by atoms with E-state index in [1.807, 2.05) is 26.8 Å². The summed E-state index contributed by atoms with van der Waals surface area (Å²) in [5, 5.41) is 0. The lowest BCUT2D eigenvalue weighted by atomic mass is 10.0. The summed E-state index contributed by atoms with van der Waals surface area (Å²) in [6.45, 7) is 12.7. The summed E-state index contributed by atoms with van der Waals surface area (Å²) in [6, 6.07) is 7.00. The number of ether oxygens (including phenoxy) is 2. The lowest BCUT2D eigenvalue weighted by molar-refractivity contribution is 0.0740. The zero-order valence-electron chi connectivity index (χ0n) is 15.8. The van der Waals surface area contributed by atoms with E-state index in [-0.39, 0.29) is 12.1 Å². The second-order valence-corrected chi connectivity index (χ2v) is 6.88. The van der Waals surface area contributed by atoms with Gasteiger partial charge < -0.3 is 20.1 Å². The Morgan fingerprint density at radius 3 is 2.58 bits per heavy atom. The number of likely N-dealkylation sites (N-methyl/N-ethyl adjacent to an activating group) is 1. The van der Waals surface area contributed by atoms with E-state index in [0.717, 1.165) is 31.1 Å². The van der Waals surface area contributed by atoms with Crippen LogP contribution in [-0.4, -0.2) is 61.8 Å². The van der Waals surface area contributed by atoms with Crippen LogP contribution in [0.15, 0.2) is 18.2 Å². The number of piperazine rings is 1. The summed E-state index contributed by atoms with van der Waals surface area (Å²) < 4.78 is 11.7. The molecule has 0 bridgehead atoms. The Kier molecular flexibility index (Phi) is 6.90. The molecule has 1 saturated heterocycles. The number of benzene rings is 1. The first-order chi connectivity index (χ1) is 11.5. The molecule has 1 aromatic carbocycles. The monoisotopic (exact) mass is 335 g/mol. The first-order valence-electron chi connectivity index (χ1n) is 9.04. The number of nitrogens with two attached hydrogens (primary N) is 1. The standard InChI is InChI=1S/C19H33N3O2/c1-6-23-19-11-16(7-8-18(19)24-14(2)3)17(12-20)22-10-9-21(5)15(4)13-22/h7-8,11,14-15,17H,6,9-10,12-13,20H2,1-5H3. The molecule has 24 heavy (non-hydrogen) atoms. The first kappa shape index (κ1) is 19.0. The van der Waals surface area contributed by atoms with Crippen LogP contribution in [0, 0.1) is 0 Å². The lowest BCUT2D eigenvalue weighted by Gasteiger charge is -2.41. The molecule has 0 saturated carbocycles. The molecule has 1 aromatic rings. The molecule has 0 amide bonds. The van der Waals surface area contributed by atoms with E-state index in [9.17, 15) is 0 Å². The molecule has 0 spiro atoms. The van der Waals surface area contributed by atoms with Crippen LogP contribution < -0.4 is 15.2 Å². The van der Waals surface area contributed by atoms with Crippen molar-refractivity contribution in [2.75, 3.05) is 39.8 Å². The normalized spacial score (nSPS) is 21.0. The van der Waals surface area contributed by atoms with Crippen LogP contribution in [0.25, 0.3) is 0 Å². The molecule has 5 nitrogen and oxygen atoms in total. The van der Waals surface area contributed by atoms with Gasteiger partial charge in [0.1, 0.15) is 0 Å². The van der Waals surface area contributed by atoms with Crippen LogP contribution in [0.2, 0.25) is 0 Å². The quantitative estimate of drug-likeness (QED) is 0.830. The van der Waals surface area contributed by atoms with Crippen molar-refractivity contribution in [3.63, 3.8) is 0 Å². The molecule has 2 atom stereocenters. The molecule has 1 fully saturated rings. The topological polar surface area (TPSA) is 51.0 Å². The highest BCUT2D eigenvalue weighted by Gasteiger charge is 2.27. The van der Waals surface area contributed by atoms with E-state index < -0.39 is 0 Å². The fraction of sp³-hybridized carbons (Fsp3) is 0.684. The Hall–Kier alpha value is -1.30. The van der Waals surface area contributed by atoms with Crippen LogP contribution >= 0.6 is 0 Å². The van der Waals surface area contributed by atoms with Crippen LogP contribution in [0.3, 0.4) is 0 Å². The van der Waals surface area contributed by atoms with Crippen molar-refractivity contribution in [2.24, 2.45) is 5.73 Å². The lowest BCUT2D eigenvalue weighted by Crippen LogP contribution is -2.52. The minimum absolute atomic E-state index is 0.124. The van der Waals surface area contributed by atoms with E-state index >= 15 is 0 Å². The van der Waals surface area contributed by atoms with E-state index in [2.05, 4.69) is 35.9 Å². The van der Waals surface area contributed by atoms with Gasteiger partial charge in [0, 0.05) is 38.3 Å². The Bertz CT molecular complexity index is 521. The van der Waals surface area contributed by atoms with Gasteiger partial charge in [0.25, 0.3) is 0 Å². The Balaban J connectivity index is 2.23. The zero-order valence-corrected chi connectivity index (χ0v) is 15.8. The van der Waals surface area contributed by atoms with Gasteiger partial charge in [-0.3, -0.25) is 4.90 Å². The molecule has 0 radical (unpaired) electrons. The third-order valence-corrected chi connectivity index (χ3v) is 4.67. The number of nitrogens with zero attached hydrogens (tertiary/aromatic N) is 2. The van der Waals surface area contributed by atoms with Gasteiger partial charge in [-0.1, -0.05) is 6.07 Å². The summed E-state index contributed by atoms with van der Waals surface area (Å²) in [4.78, 5) is 4.88. The minimum atomic E-state index is 0.124. The van der Waals surface area contributed by atoms with Crippen LogP contribution in [-0.2, 0) is 0 Å². The molecular formula is C19H33N3O2. The van der Waals surface area contributed by atoms with Gasteiger partial charge >= 0.3 is 0 Å². The van der Waals surface area contributed by atoms with Gasteiger partial charge in [-0.2, -0.15) is 0 Å². The summed E-state index contributed by atoms with van der Waals surface area (Å²) in [6.07, 6.45) is 0.124. The maximum absolute atomic E-state index is 6.13. The summed E-state index contributed by atoms with van der Waals surface area (Å²) >= 11 is 0. The van der Waals surface area contributed by atoms with Crippen molar-refractivity contribution < 1.29 is 9.47 Å². The molecule has 1 aliphatic rings. The molecule has 1 aliphatic heterocycles. The minimum Gasteiger partial charge on any atom is -0.490 e. The van der Waals surface area contributed by atoms with Crippen molar-refractivity contribution in [2.45, 2.75) is 45.9 Å². The van der Waals surface area contributed by atoms with Gasteiger partial charge in [-0.25, -0.2) is 0 Å². The van der Waals surface area contributed by atoms with Gasteiger partial charge in [0.2, 0.25) is 0 Å². The van der Waals surface area contributed by atoms with Crippen LogP contribution in [0.4, 0.5) is 0 Å². The van der Waals surface area contributed by atoms with Gasteiger partial charge in [-0.15, -0.1) is 0 Å². The van der Waals surface area contributed by atoms with Crippen molar-refractivity contribution in [3.05, 3.63) is 23.8 Å². The molecular weight excluding hydrogens is 302 g/mol. The largest absolute Gasteiger partial charge is 0.490 e. The van der Waals surface area contributed by atoms with E-state index in [0.29, 0.717) is 19.2 Å². The van der Waals surface area contributed by atoms with E-state index in [1.54, 1.807) is 0 Å². The fourth-order valence-electron chi connectivity index (χ4n) is 3.21. The highest BCUT2D eigenvalue weighted by molar-refractivity contribution is 5.44. The highest BCUT2D eigenvalue weighted by atomic mass is 16.5. The number of hydrogen-bond acceptors (Lipinski definition) is 5. The Morgan fingerprint density at radius 1 is 1.25 bits per heavy atom. The highest BCUT2D eigenvalue weighted by Crippen LogP contribution is 2.33. The zero-order chi connectivity index (χ0) is 17.7. The molecule has 0 aliphatic carbocycles. The van der Waals surface area contributed by atoms with Crippen molar-refractivity contribution in [1.82, 2.24) is 9.80 Å². The number of rotatable bonds is 7. The second kappa shape index (κ2) is 8.70. The molecule has 2 unspecified atom stereocenters. The van der Waals surface area contributed by atoms with Crippen molar-refractivity contribution in [3.8, 4) is 11.5 Å². The predicted molar refractivity (Wildman–Crippen MR) is 98.8 cm³/mol. The van der Waals surface area contributed by atoms with Crippen molar-refractivity contribution >= 4 is 0 Å². The van der Waals surface area contributed by atoms with Gasteiger partial charge in [0.05, 0.1) is 12.7 Å². The molecule has 1 heterocycles. The smallest absolute Gasteiger partial charge is 0.161 e. The maximum Gasteiger partial charge on any atom is 0.161 e. The van der Waals surface area contributed by atoms with E-state index in [4.69, 9.17) is 15.2 Å². The summed E-state index contributed by atoms with van der Waals surface area (Å²) in [5.41, 5.74) is 7.33. The summed E-state index contributed by atoms with van der Waals surface area (Å²) in [7, 11) is 2.19. The molecule has 2 N–H and O–H groups in total. The fourth-order valence-corrected chi connectivity index (χ4v) is 3.21.